The number of rotatable bonds is 3. The molecule has 2 fully saturated rings. The Morgan fingerprint density at radius 1 is 0.696 bits per heavy atom. The van der Waals surface area contributed by atoms with Gasteiger partial charge < -0.3 is 18.6 Å². The molecule has 0 spiro atoms. The van der Waals surface area contributed by atoms with Gasteiger partial charge in [0.25, 0.3) is 0 Å². The van der Waals surface area contributed by atoms with Gasteiger partial charge in [-0.05, 0) is 67.7 Å². The molecular formula is C16H29B2ClO4. The molecule has 2 heterocycles. The Labute approximate surface area is 146 Å². The Balaban J connectivity index is 2.36. The van der Waals surface area contributed by atoms with Gasteiger partial charge in [-0.2, -0.15) is 0 Å². The third kappa shape index (κ3) is 3.25. The van der Waals surface area contributed by atoms with Crippen molar-refractivity contribution in [1.29, 1.82) is 0 Å². The summed E-state index contributed by atoms with van der Waals surface area (Å²) in [5.74, 6) is 0.378. The van der Waals surface area contributed by atoms with E-state index in [4.69, 9.17) is 30.2 Å². The molecular weight excluding hydrogens is 313 g/mol. The number of halogens is 1. The monoisotopic (exact) mass is 342 g/mol. The van der Waals surface area contributed by atoms with Gasteiger partial charge in [-0.15, -0.1) is 11.6 Å². The molecule has 0 bridgehead atoms. The van der Waals surface area contributed by atoms with Gasteiger partial charge in [-0.25, -0.2) is 0 Å². The van der Waals surface area contributed by atoms with Crippen LogP contribution in [0.15, 0.2) is 10.9 Å². The van der Waals surface area contributed by atoms with Crippen LogP contribution in [0.25, 0.3) is 0 Å². The molecule has 2 aliphatic rings. The van der Waals surface area contributed by atoms with Crippen molar-refractivity contribution in [2.75, 3.05) is 5.88 Å². The van der Waals surface area contributed by atoms with Gasteiger partial charge in [0.05, 0.1) is 22.4 Å². The summed E-state index contributed by atoms with van der Waals surface area (Å²) in [6.07, 6.45) is 0. The van der Waals surface area contributed by atoms with E-state index in [9.17, 15) is 0 Å². The molecule has 0 aliphatic carbocycles. The van der Waals surface area contributed by atoms with Gasteiger partial charge in [-0.1, -0.05) is 5.57 Å². The maximum Gasteiger partial charge on any atom is 0.486 e. The summed E-state index contributed by atoms with van der Waals surface area (Å²) in [4.78, 5) is 0. The minimum absolute atomic E-state index is 0.378. The molecule has 130 valence electrons. The lowest BCUT2D eigenvalue weighted by Gasteiger charge is -2.32. The quantitative estimate of drug-likeness (QED) is 0.577. The summed E-state index contributed by atoms with van der Waals surface area (Å²) < 4.78 is 24.8. The highest BCUT2D eigenvalue weighted by molar-refractivity contribution is 6.78. The van der Waals surface area contributed by atoms with Crippen molar-refractivity contribution in [2.24, 2.45) is 0 Å². The Morgan fingerprint density at radius 3 is 1.17 bits per heavy atom. The van der Waals surface area contributed by atoms with Crippen LogP contribution in [0, 0.1) is 0 Å². The molecule has 0 aromatic carbocycles. The summed E-state index contributed by atoms with van der Waals surface area (Å²) >= 11 is 6.11. The molecule has 23 heavy (non-hydrogen) atoms. The Bertz CT molecular complexity index is 444. The van der Waals surface area contributed by atoms with Gasteiger partial charge in [0.15, 0.2) is 0 Å². The number of hydrogen-bond acceptors (Lipinski definition) is 4. The van der Waals surface area contributed by atoms with Gasteiger partial charge in [0, 0.05) is 5.88 Å². The first-order valence-corrected chi connectivity index (χ1v) is 8.74. The lowest BCUT2D eigenvalue weighted by Crippen LogP contribution is -2.41. The van der Waals surface area contributed by atoms with E-state index in [2.05, 4.69) is 0 Å². The van der Waals surface area contributed by atoms with Crippen molar-refractivity contribution in [3.05, 3.63) is 10.9 Å². The number of alkyl halides is 1. The molecule has 0 radical (unpaired) electrons. The van der Waals surface area contributed by atoms with Gasteiger partial charge in [0.1, 0.15) is 0 Å². The average molecular weight is 342 g/mol. The van der Waals surface area contributed by atoms with Crippen LogP contribution in [-0.2, 0) is 18.6 Å². The normalized spacial score (nSPS) is 27.4. The van der Waals surface area contributed by atoms with Gasteiger partial charge >= 0.3 is 14.2 Å². The smallest absolute Gasteiger partial charge is 0.400 e. The zero-order valence-corrected chi connectivity index (χ0v) is 16.6. The molecule has 0 saturated carbocycles. The fraction of sp³-hybridized carbons (Fsp3) is 0.875. The van der Waals surface area contributed by atoms with Crippen LogP contribution in [0.3, 0.4) is 0 Å². The largest absolute Gasteiger partial charge is 0.486 e. The van der Waals surface area contributed by atoms with Gasteiger partial charge in [-0.3, -0.25) is 0 Å². The molecule has 2 saturated heterocycles. The van der Waals surface area contributed by atoms with Gasteiger partial charge in [0.2, 0.25) is 0 Å². The predicted molar refractivity (Wildman–Crippen MR) is 95.6 cm³/mol. The second-order valence-electron chi connectivity index (χ2n) is 8.55. The van der Waals surface area contributed by atoms with Crippen LogP contribution < -0.4 is 0 Å². The molecule has 0 N–H and O–H groups in total. The molecule has 4 nitrogen and oxygen atoms in total. The highest BCUT2D eigenvalue weighted by atomic mass is 35.5. The minimum atomic E-state index is -0.520. The zero-order chi connectivity index (χ0) is 17.8. The first-order valence-electron chi connectivity index (χ1n) is 8.21. The highest BCUT2D eigenvalue weighted by Gasteiger charge is 2.59. The van der Waals surface area contributed by atoms with E-state index >= 15 is 0 Å². The molecule has 7 heteroatoms. The van der Waals surface area contributed by atoms with Crippen molar-refractivity contribution >= 4 is 25.8 Å². The molecule has 2 rings (SSSR count). The number of hydrogen-bond donors (Lipinski definition) is 0. The molecule has 0 aromatic rings. The molecule has 0 amide bonds. The molecule has 0 atom stereocenters. The van der Waals surface area contributed by atoms with E-state index in [0.29, 0.717) is 5.88 Å². The molecule has 0 aromatic heterocycles. The predicted octanol–water partition coefficient (Wildman–Crippen LogP) is 3.80. The van der Waals surface area contributed by atoms with Crippen LogP contribution >= 0.6 is 11.6 Å². The topological polar surface area (TPSA) is 36.9 Å². The summed E-state index contributed by atoms with van der Waals surface area (Å²) in [5.41, 5.74) is -0.708. The lowest BCUT2D eigenvalue weighted by molar-refractivity contribution is 0.00578. The average Bonchev–Trinajstić information content (AvgIpc) is 2.68. The zero-order valence-electron chi connectivity index (χ0n) is 15.9. The van der Waals surface area contributed by atoms with Crippen LogP contribution in [0.5, 0.6) is 0 Å². The molecule has 0 unspecified atom stereocenters. The Hall–Kier alpha value is -0.000130. The second-order valence-corrected chi connectivity index (χ2v) is 8.81. The summed E-state index contributed by atoms with van der Waals surface area (Å²) in [5, 5.41) is 0.845. The standard InChI is InChI=1S/C16H29B2ClO4/c1-11(10-19)12(17-20-13(2,3)14(4,5)21-17)18-22-15(6,7)16(8,9)23-18/h10H2,1-9H3. The summed E-state index contributed by atoms with van der Waals surface area (Å²) in [7, 11) is -1.04. The van der Waals surface area contributed by atoms with Crippen LogP contribution in [-0.4, -0.2) is 42.5 Å². The van der Waals surface area contributed by atoms with Crippen molar-refractivity contribution in [1.82, 2.24) is 0 Å². The van der Waals surface area contributed by atoms with E-state index < -0.39 is 36.6 Å². The lowest BCUT2D eigenvalue weighted by atomic mass is 9.55. The van der Waals surface area contributed by atoms with E-state index in [1.165, 1.54) is 0 Å². The number of allylic oxidation sites excluding steroid dienone is 1. The first-order chi connectivity index (χ1) is 10.2. The van der Waals surface area contributed by atoms with Crippen molar-refractivity contribution in [3.8, 4) is 0 Å². The van der Waals surface area contributed by atoms with Crippen LogP contribution in [0.4, 0.5) is 0 Å². The molecule has 2 aliphatic heterocycles. The maximum absolute atomic E-state index is 6.20. The SMILES string of the molecule is CC(CCl)=C(B1OC(C)(C)C(C)(C)O1)B1OC(C)(C)C(C)(C)O1. The van der Waals surface area contributed by atoms with Crippen molar-refractivity contribution in [2.45, 2.75) is 84.7 Å². The third-order valence-corrected chi connectivity index (χ3v) is 6.11. The van der Waals surface area contributed by atoms with Crippen molar-refractivity contribution in [3.63, 3.8) is 0 Å². The van der Waals surface area contributed by atoms with E-state index in [1.807, 2.05) is 62.3 Å². The summed E-state index contributed by atoms with van der Waals surface area (Å²) in [6.45, 7) is 18.2. The van der Waals surface area contributed by atoms with Crippen molar-refractivity contribution < 1.29 is 18.6 Å². The summed E-state index contributed by atoms with van der Waals surface area (Å²) in [6, 6.07) is 0. The fourth-order valence-electron chi connectivity index (χ4n) is 2.53. The van der Waals surface area contributed by atoms with Crippen LogP contribution in [0.2, 0.25) is 0 Å². The highest BCUT2D eigenvalue weighted by Crippen LogP contribution is 2.44. The van der Waals surface area contributed by atoms with E-state index in [1.54, 1.807) is 0 Å². The third-order valence-electron chi connectivity index (χ3n) is 5.71. The Kier molecular flexibility index (Phi) is 4.85. The minimum Gasteiger partial charge on any atom is -0.400 e. The van der Waals surface area contributed by atoms with E-state index in [0.717, 1.165) is 10.9 Å². The van der Waals surface area contributed by atoms with Crippen LogP contribution in [0.1, 0.15) is 62.3 Å². The maximum atomic E-state index is 6.20. The first kappa shape index (κ1) is 19.3. The second kappa shape index (κ2) is 5.77. The van der Waals surface area contributed by atoms with E-state index in [-0.39, 0.29) is 0 Å². The fourth-order valence-corrected chi connectivity index (χ4v) is 2.68. The Morgan fingerprint density at radius 2 is 0.957 bits per heavy atom.